The maximum Gasteiger partial charge on any atom is 0.160 e. The average molecular weight is 710 g/mol. The number of nitrogens with one attached hydrogen (secondary N) is 1. The summed E-state index contributed by atoms with van der Waals surface area (Å²) in [6.07, 6.45) is -0.379. The van der Waals surface area contributed by atoms with Crippen molar-refractivity contribution in [2.75, 3.05) is 0 Å². The lowest BCUT2D eigenvalue weighted by atomic mass is 9.93. The summed E-state index contributed by atoms with van der Waals surface area (Å²) in [5, 5.41) is 10.7. The van der Waals surface area contributed by atoms with Crippen molar-refractivity contribution < 1.29 is 4.42 Å². The minimum Gasteiger partial charge on any atom is -0.456 e. The van der Waals surface area contributed by atoms with Crippen LogP contribution in [0.4, 0.5) is 0 Å². The molecule has 0 amide bonds. The normalized spacial score (nSPS) is 14.5. The van der Waals surface area contributed by atoms with Gasteiger partial charge in [0.25, 0.3) is 0 Å². The van der Waals surface area contributed by atoms with E-state index in [1.807, 2.05) is 29.5 Å². The Balaban J connectivity index is 1.15. The molecule has 0 bridgehead atoms. The molecule has 0 spiro atoms. The van der Waals surface area contributed by atoms with Crippen molar-refractivity contribution in [3.63, 3.8) is 0 Å². The molecule has 10 aromatic rings. The van der Waals surface area contributed by atoms with Crippen molar-refractivity contribution in [3.8, 4) is 22.3 Å². The van der Waals surface area contributed by atoms with Crippen molar-refractivity contribution in [1.82, 2.24) is 5.32 Å². The Kier molecular flexibility index (Phi) is 7.07. The Morgan fingerprint density at radius 1 is 0.500 bits per heavy atom. The number of nitrogens with zero attached hydrogens (tertiary/aromatic N) is 2. The van der Waals surface area contributed by atoms with Gasteiger partial charge in [-0.15, -0.1) is 11.3 Å². The molecule has 54 heavy (non-hydrogen) atoms. The molecule has 5 heteroatoms. The zero-order valence-corrected chi connectivity index (χ0v) is 29.8. The lowest BCUT2D eigenvalue weighted by molar-refractivity contribution is 0.668. The van der Waals surface area contributed by atoms with Gasteiger partial charge in [0.2, 0.25) is 0 Å². The van der Waals surface area contributed by atoms with Gasteiger partial charge in [0.05, 0.1) is 0 Å². The highest BCUT2D eigenvalue weighted by Crippen LogP contribution is 2.42. The smallest absolute Gasteiger partial charge is 0.160 e. The number of rotatable bonds is 5. The number of furan rings is 1. The molecular formula is C49H31N3OS. The van der Waals surface area contributed by atoms with E-state index in [0.717, 1.165) is 66.5 Å². The van der Waals surface area contributed by atoms with Crippen LogP contribution >= 0.6 is 11.3 Å². The molecule has 4 nitrogen and oxygen atoms in total. The fraction of sp³-hybridized carbons (Fsp3) is 0.0204. The van der Waals surface area contributed by atoms with E-state index >= 15 is 0 Å². The zero-order valence-electron chi connectivity index (χ0n) is 29.0. The molecule has 0 aliphatic carbocycles. The maximum absolute atomic E-state index is 6.49. The number of benzene rings is 8. The van der Waals surface area contributed by atoms with Crippen molar-refractivity contribution in [2.45, 2.75) is 6.17 Å². The second kappa shape index (κ2) is 12.4. The molecule has 0 fully saturated rings. The fourth-order valence-electron chi connectivity index (χ4n) is 7.89. The molecule has 0 radical (unpaired) electrons. The molecule has 1 aliphatic rings. The van der Waals surface area contributed by atoms with Crippen molar-refractivity contribution >= 4 is 75.9 Å². The number of hydrogen-bond donors (Lipinski definition) is 1. The summed E-state index contributed by atoms with van der Waals surface area (Å²) in [5.41, 5.74) is 9.19. The SMILES string of the molecule is c1ccc(-c2ccc(C3N=C(c4c(-c5ccc6c(c5)sc5ccccc56)ccc5oc6ccccc6c45)N=C(c4ccc5ccccc5c4)N3)cc2)cc1. The third-order valence-corrected chi connectivity index (χ3v) is 11.7. The lowest BCUT2D eigenvalue weighted by Gasteiger charge is -2.25. The molecule has 3 heterocycles. The van der Waals surface area contributed by atoms with Crippen LogP contribution < -0.4 is 5.32 Å². The first kappa shape index (κ1) is 30.8. The van der Waals surface area contributed by atoms with Crippen LogP contribution in [0.15, 0.2) is 190 Å². The molecule has 1 unspecified atom stereocenters. The second-order valence-corrected chi connectivity index (χ2v) is 14.9. The highest BCUT2D eigenvalue weighted by molar-refractivity contribution is 7.25. The van der Waals surface area contributed by atoms with E-state index in [-0.39, 0.29) is 6.17 Å². The van der Waals surface area contributed by atoms with E-state index in [1.54, 1.807) is 0 Å². The van der Waals surface area contributed by atoms with Crippen molar-refractivity contribution in [2.24, 2.45) is 9.98 Å². The first-order valence-electron chi connectivity index (χ1n) is 18.2. The van der Waals surface area contributed by atoms with E-state index in [4.69, 9.17) is 14.4 Å². The fourth-order valence-corrected chi connectivity index (χ4v) is 9.03. The number of hydrogen-bond acceptors (Lipinski definition) is 5. The van der Waals surface area contributed by atoms with Gasteiger partial charge in [-0.3, -0.25) is 0 Å². The number of fused-ring (bicyclic) bond motifs is 7. The van der Waals surface area contributed by atoms with Gasteiger partial charge in [-0.25, -0.2) is 9.98 Å². The van der Waals surface area contributed by atoms with E-state index in [2.05, 4.69) is 163 Å². The summed E-state index contributed by atoms with van der Waals surface area (Å²) < 4.78 is 9.03. The molecule has 2 aromatic heterocycles. The largest absolute Gasteiger partial charge is 0.456 e. The summed E-state index contributed by atoms with van der Waals surface area (Å²) >= 11 is 1.83. The van der Waals surface area contributed by atoms with Gasteiger partial charge < -0.3 is 9.73 Å². The van der Waals surface area contributed by atoms with Crippen LogP contribution in [0.5, 0.6) is 0 Å². The van der Waals surface area contributed by atoms with Crippen LogP contribution in [0.2, 0.25) is 0 Å². The van der Waals surface area contributed by atoms with Crippen LogP contribution in [0.1, 0.15) is 22.9 Å². The highest BCUT2D eigenvalue weighted by atomic mass is 32.1. The van der Waals surface area contributed by atoms with E-state index in [9.17, 15) is 0 Å². The van der Waals surface area contributed by atoms with Crippen LogP contribution in [-0.2, 0) is 0 Å². The van der Waals surface area contributed by atoms with E-state index in [1.165, 1.54) is 31.1 Å². The lowest BCUT2D eigenvalue weighted by Crippen LogP contribution is -2.33. The van der Waals surface area contributed by atoms with Crippen LogP contribution in [0, 0.1) is 0 Å². The molecule has 1 N–H and O–H groups in total. The summed E-state index contributed by atoms with van der Waals surface area (Å²) in [4.78, 5) is 10.9. The first-order valence-corrected chi connectivity index (χ1v) is 19.0. The summed E-state index contributed by atoms with van der Waals surface area (Å²) in [6, 6.07) is 62.2. The number of thiophene rings is 1. The van der Waals surface area contributed by atoms with Gasteiger partial charge in [0, 0.05) is 42.1 Å². The quantitative estimate of drug-likeness (QED) is 0.193. The Morgan fingerprint density at radius 2 is 1.20 bits per heavy atom. The Hall–Kier alpha value is -6.82. The van der Waals surface area contributed by atoms with Gasteiger partial charge >= 0.3 is 0 Å². The van der Waals surface area contributed by atoms with Gasteiger partial charge in [0.1, 0.15) is 23.2 Å². The molecule has 8 aromatic carbocycles. The summed E-state index contributed by atoms with van der Waals surface area (Å²) in [6.45, 7) is 0. The molecule has 0 saturated carbocycles. The Bertz CT molecular complexity index is 3140. The second-order valence-electron chi connectivity index (χ2n) is 13.8. The maximum atomic E-state index is 6.49. The minimum atomic E-state index is -0.379. The molecule has 1 atom stereocenters. The molecule has 11 rings (SSSR count). The summed E-state index contributed by atoms with van der Waals surface area (Å²) in [7, 11) is 0. The number of aliphatic imine (C=N–C) groups is 2. The Labute approximate surface area is 315 Å². The highest BCUT2D eigenvalue weighted by Gasteiger charge is 2.26. The Morgan fingerprint density at radius 3 is 2.09 bits per heavy atom. The topological polar surface area (TPSA) is 49.9 Å². The van der Waals surface area contributed by atoms with Gasteiger partial charge in [-0.05, 0) is 75.0 Å². The van der Waals surface area contributed by atoms with Gasteiger partial charge in [-0.2, -0.15) is 0 Å². The van der Waals surface area contributed by atoms with Gasteiger partial charge in [0.15, 0.2) is 5.84 Å². The first-order chi connectivity index (χ1) is 26.7. The van der Waals surface area contributed by atoms with Crippen molar-refractivity contribution in [3.05, 3.63) is 193 Å². The molecule has 0 saturated heterocycles. The molecular weight excluding hydrogens is 679 g/mol. The van der Waals surface area contributed by atoms with Crippen molar-refractivity contribution in [1.29, 1.82) is 0 Å². The monoisotopic (exact) mass is 709 g/mol. The molecule has 254 valence electrons. The average Bonchev–Trinajstić information content (AvgIpc) is 3.81. The minimum absolute atomic E-state index is 0.379. The van der Waals surface area contributed by atoms with E-state index in [0.29, 0.717) is 5.84 Å². The van der Waals surface area contributed by atoms with Gasteiger partial charge in [-0.1, -0.05) is 140 Å². The standard InChI is InChI=1S/C49H31N3OS/c1-2-10-30(11-3-1)32-18-21-33(22-19-32)47-50-48(36-23-20-31-12-4-5-13-34(31)28-36)52-49(51-47)46-37(26-27-42-45(46)40-15-6-8-16-41(40)53-42)35-24-25-39-38-14-7-9-17-43(38)54-44(39)29-35/h1-29,47H,(H,50,51,52). The predicted molar refractivity (Wildman–Crippen MR) is 227 cm³/mol. The van der Waals surface area contributed by atoms with E-state index < -0.39 is 0 Å². The zero-order chi connectivity index (χ0) is 35.6. The van der Waals surface area contributed by atoms with Crippen LogP contribution in [0.25, 0.3) is 75.1 Å². The third-order valence-electron chi connectivity index (χ3n) is 10.6. The number of para-hydroxylation sites is 1. The number of amidine groups is 2. The predicted octanol–water partition coefficient (Wildman–Crippen LogP) is 12.9. The van der Waals surface area contributed by atoms with Crippen LogP contribution in [-0.4, -0.2) is 11.7 Å². The summed E-state index contributed by atoms with van der Waals surface area (Å²) in [5.74, 6) is 1.44. The molecule has 1 aliphatic heterocycles. The third kappa shape index (κ3) is 5.12. The van der Waals surface area contributed by atoms with Crippen LogP contribution in [0.3, 0.4) is 0 Å².